The van der Waals surface area contributed by atoms with Gasteiger partial charge in [0.25, 0.3) is 0 Å². The Morgan fingerprint density at radius 1 is 1.29 bits per heavy atom. The van der Waals surface area contributed by atoms with Crippen LogP contribution in [0.15, 0.2) is 24.3 Å². The Balaban J connectivity index is 2.50. The molecule has 0 saturated heterocycles. The van der Waals surface area contributed by atoms with Crippen LogP contribution in [0.2, 0.25) is 0 Å². The summed E-state index contributed by atoms with van der Waals surface area (Å²) in [6, 6.07) is 6.81. The predicted molar refractivity (Wildman–Crippen MR) is 84.6 cm³/mol. The Hall–Kier alpha value is -1.75. The number of aliphatic hydroxyl groups excluding tert-OH is 1. The van der Waals surface area contributed by atoms with Crippen LogP contribution in [0.25, 0.3) is 0 Å². The van der Waals surface area contributed by atoms with Crippen molar-refractivity contribution in [2.45, 2.75) is 33.8 Å². The molecule has 21 heavy (non-hydrogen) atoms. The second-order valence-electron chi connectivity index (χ2n) is 6.21. The van der Waals surface area contributed by atoms with Gasteiger partial charge < -0.3 is 20.5 Å². The number of methoxy groups -OCH3 is 1. The Morgan fingerprint density at radius 3 is 2.33 bits per heavy atom. The van der Waals surface area contributed by atoms with Gasteiger partial charge in [0.15, 0.2) is 0 Å². The first-order valence-electron chi connectivity index (χ1n) is 7.13. The minimum atomic E-state index is -0.473. The molecule has 1 aromatic carbocycles. The molecule has 0 bridgehead atoms. The van der Waals surface area contributed by atoms with E-state index in [-0.39, 0.29) is 17.4 Å². The number of nitrogens with one attached hydrogen (secondary N) is 2. The molecule has 0 aliphatic heterocycles. The monoisotopic (exact) mass is 294 g/mol. The number of carbonyl (C=O) groups excluding carboxylic acids is 1. The lowest BCUT2D eigenvalue weighted by Gasteiger charge is -2.33. The van der Waals surface area contributed by atoms with E-state index in [0.29, 0.717) is 12.2 Å². The van der Waals surface area contributed by atoms with Gasteiger partial charge in [-0.3, -0.25) is 0 Å². The van der Waals surface area contributed by atoms with Crippen molar-refractivity contribution in [2.75, 3.05) is 19.0 Å². The van der Waals surface area contributed by atoms with Crippen LogP contribution in [0.3, 0.4) is 0 Å². The van der Waals surface area contributed by atoms with Gasteiger partial charge in [0.2, 0.25) is 0 Å². The van der Waals surface area contributed by atoms with E-state index in [1.165, 1.54) is 0 Å². The molecule has 5 heteroatoms. The predicted octanol–water partition coefficient (Wildman–Crippen LogP) is 2.86. The minimum absolute atomic E-state index is 0.145. The second-order valence-corrected chi connectivity index (χ2v) is 6.21. The summed E-state index contributed by atoms with van der Waals surface area (Å²) in [5.41, 5.74) is 0.307. The van der Waals surface area contributed by atoms with Crippen molar-refractivity contribution in [3.8, 4) is 5.75 Å². The van der Waals surface area contributed by atoms with E-state index < -0.39 is 6.10 Å². The lowest BCUT2D eigenvalue weighted by atomic mass is 9.81. The van der Waals surface area contributed by atoms with Gasteiger partial charge in [-0.15, -0.1) is 0 Å². The molecule has 0 heterocycles. The van der Waals surface area contributed by atoms with Crippen molar-refractivity contribution >= 4 is 11.7 Å². The molecule has 1 rings (SSSR count). The van der Waals surface area contributed by atoms with Crippen LogP contribution in [0.4, 0.5) is 10.5 Å². The van der Waals surface area contributed by atoms with Gasteiger partial charge in [0.1, 0.15) is 5.75 Å². The van der Waals surface area contributed by atoms with Crippen molar-refractivity contribution in [1.82, 2.24) is 5.32 Å². The molecule has 1 unspecified atom stereocenters. The quantitative estimate of drug-likeness (QED) is 0.755. The number of anilines is 1. The number of urea groups is 1. The van der Waals surface area contributed by atoms with Crippen LogP contribution in [-0.4, -0.2) is 30.9 Å². The molecule has 1 aromatic rings. The molecular weight excluding hydrogens is 268 g/mol. The molecule has 0 fully saturated rings. The highest BCUT2D eigenvalue weighted by atomic mass is 16.5. The molecule has 0 aromatic heterocycles. The molecule has 5 nitrogen and oxygen atoms in total. The van der Waals surface area contributed by atoms with Gasteiger partial charge in [-0.05, 0) is 30.2 Å². The fourth-order valence-corrected chi connectivity index (χ4v) is 2.16. The number of ether oxygens (including phenoxy) is 1. The van der Waals surface area contributed by atoms with Crippen molar-refractivity contribution in [1.29, 1.82) is 0 Å². The highest BCUT2D eigenvalue weighted by molar-refractivity contribution is 5.89. The fraction of sp³-hybridized carbons (Fsp3) is 0.562. The third-order valence-corrected chi connectivity index (χ3v) is 3.48. The van der Waals surface area contributed by atoms with Crippen molar-refractivity contribution in [3.05, 3.63) is 24.3 Å². The summed E-state index contributed by atoms with van der Waals surface area (Å²) >= 11 is 0. The van der Waals surface area contributed by atoms with E-state index >= 15 is 0 Å². The highest BCUT2D eigenvalue weighted by Gasteiger charge is 2.30. The van der Waals surface area contributed by atoms with Crippen molar-refractivity contribution < 1.29 is 14.6 Å². The summed E-state index contributed by atoms with van der Waals surface area (Å²) in [5, 5.41) is 15.7. The van der Waals surface area contributed by atoms with Crippen LogP contribution in [-0.2, 0) is 0 Å². The maximum Gasteiger partial charge on any atom is 0.319 e. The maximum atomic E-state index is 11.9. The first-order chi connectivity index (χ1) is 9.76. The molecule has 1 atom stereocenters. The molecule has 0 aliphatic carbocycles. The summed E-state index contributed by atoms with van der Waals surface area (Å²) in [5.74, 6) is 0.883. The van der Waals surface area contributed by atoms with Crippen LogP contribution in [0.1, 0.15) is 27.7 Å². The summed E-state index contributed by atoms with van der Waals surface area (Å²) < 4.78 is 5.06. The molecule has 2 amide bonds. The van der Waals surface area contributed by atoms with Crippen molar-refractivity contribution in [2.24, 2.45) is 11.3 Å². The maximum absolute atomic E-state index is 11.9. The van der Waals surface area contributed by atoms with Crippen LogP contribution in [0.5, 0.6) is 5.75 Å². The Labute approximate surface area is 126 Å². The minimum Gasteiger partial charge on any atom is -0.497 e. The van der Waals surface area contributed by atoms with Gasteiger partial charge in [-0.1, -0.05) is 27.7 Å². The summed E-state index contributed by atoms with van der Waals surface area (Å²) in [7, 11) is 1.59. The number of hydrogen-bond donors (Lipinski definition) is 3. The summed E-state index contributed by atoms with van der Waals surface area (Å²) in [6.07, 6.45) is -0.473. The first-order valence-corrected chi connectivity index (χ1v) is 7.13. The molecule has 0 aliphatic rings. The summed E-state index contributed by atoms with van der Waals surface area (Å²) in [6.45, 7) is 8.19. The smallest absolute Gasteiger partial charge is 0.319 e. The van der Waals surface area contributed by atoms with E-state index in [2.05, 4.69) is 10.6 Å². The molecule has 3 N–H and O–H groups in total. The van der Waals surface area contributed by atoms with E-state index in [0.717, 1.165) is 5.75 Å². The molecule has 118 valence electrons. The van der Waals surface area contributed by atoms with Crippen molar-refractivity contribution in [3.63, 3.8) is 0 Å². The van der Waals surface area contributed by atoms with Gasteiger partial charge in [-0.2, -0.15) is 0 Å². The van der Waals surface area contributed by atoms with Gasteiger partial charge in [0.05, 0.1) is 13.2 Å². The SMILES string of the molecule is COc1ccc(NC(=O)NCC(C)(C)C(O)C(C)C)cc1. The van der Waals surface area contributed by atoms with E-state index in [4.69, 9.17) is 4.74 Å². The van der Waals surface area contributed by atoms with E-state index in [1.807, 2.05) is 27.7 Å². The molecule has 0 saturated carbocycles. The number of aliphatic hydroxyl groups is 1. The highest BCUT2D eigenvalue weighted by Crippen LogP contribution is 2.25. The largest absolute Gasteiger partial charge is 0.497 e. The molecular formula is C16H26N2O3. The van der Waals surface area contributed by atoms with Crippen LogP contribution in [0, 0.1) is 11.3 Å². The normalized spacial score (nSPS) is 12.9. The first kappa shape index (κ1) is 17.3. The Bertz CT molecular complexity index is 455. The van der Waals surface area contributed by atoms with Crippen LogP contribution >= 0.6 is 0 Å². The van der Waals surface area contributed by atoms with Gasteiger partial charge in [-0.25, -0.2) is 4.79 Å². The zero-order valence-corrected chi connectivity index (χ0v) is 13.4. The lowest BCUT2D eigenvalue weighted by Crippen LogP contribution is -2.44. The third-order valence-electron chi connectivity index (χ3n) is 3.48. The number of carbonyl (C=O) groups is 1. The topological polar surface area (TPSA) is 70.6 Å². The summed E-state index contributed by atoms with van der Waals surface area (Å²) in [4.78, 5) is 11.9. The van der Waals surface area contributed by atoms with Gasteiger partial charge in [0, 0.05) is 17.6 Å². The number of amides is 2. The van der Waals surface area contributed by atoms with Gasteiger partial charge >= 0.3 is 6.03 Å². The molecule has 0 spiro atoms. The second kappa shape index (κ2) is 7.31. The Kier molecular flexibility index (Phi) is 6.03. The average Bonchev–Trinajstić information content (AvgIpc) is 2.45. The third kappa shape index (κ3) is 5.27. The number of rotatable bonds is 6. The molecule has 0 radical (unpaired) electrons. The Morgan fingerprint density at radius 2 is 1.86 bits per heavy atom. The number of hydrogen-bond acceptors (Lipinski definition) is 3. The standard InChI is InChI=1S/C16H26N2O3/c1-11(2)14(19)16(3,4)10-17-15(20)18-12-6-8-13(21-5)9-7-12/h6-9,11,14,19H,10H2,1-5H3,(H2,17,18,20). The van der Waals surface area contributed by atoms with E-state index in [9.17, 15) is 9.90 Å². The zero-order valence-electron chi connectivity index (χ0n) is 13.4. The van der Waals surface area contributed by atoms with E-state index in [1.54, 1.807) is 31.4 Å². The number of benzene rings is 1. The lowest BCUT2D eigenvalue weighted by molar-refractivity contribution is 0.0154. The van der Waals surface area contributed by atoms with Crippen LogP contribution < -0.4 is 15.4 Å². The zero-order chi connectivity index (χ0) is 16.0. The average molecular weight is 294 g/mol. The fourth-order valence-electron chi connectivity index (χ4n) is 2.16.